The van der Waals surface area contributed by atoms with Gasteiger partial charge in [0.05, 0.1) is 15.2 Å². The number of nitrogens with one attached hydrogen (secondary N) is 1. The van der Waals surface area contributed by atoms with Crippen LogP contribution in [0.2, 0.25) is 5.02 Å². The van der Waals surface area contributed by atoms with Gasteiger partial charge in [-0.2, -0.15) is 0 Å². The van der Waals surface area contributed by atoms with E-state index in [-0.39, 0.29) is 11.6 Å². The Hall–Kier alpha value is -1.65. The van der Waals surface area contributed by atoms with Crippen LogP contribution < -0.4 is 14.8 Å². The van der Waals surface area contributed by atoms with Crippen LogP contribution in [0.25, 0.3) is 0 Å². The van der Waals surface area contributed by atoms with E-state index in [1.165, 1.54) is 6.07 Å². The number of rotatable bonds is 7. The molecule has 0 spiro atoms. The van der Waals surface area contributed by atoms with Crippen molar-refractivity contribution in [3.63, 3.8) is 0 Å². The van der Waals surface area contributed by atoms with Gasteiger partial charge in [0.1, 0.15) is 12.4 Å². The summed E-state index contributed by atoms with van der Waals surface area (Å²) in [5.74, 6) is 3.30. The lowest BCUT2D eigenvalue weighted by Crippen LogP contribution is -2.05. The van der Waals surface area contributed by atoms with Crippen molar-refractivity contribution in [1.29, 1.82) is 0 Å². The average molecular weight is 460 g/mol. The molecule has 6 heteroatoms. The predicted octanol–water partition coefficient (Wildman–Crippen LogP) is 5.11. The second-order valence-corrected chi connectivity index (χ2v) is 6.38. The van der Waals surface area contributed by atoms with Crippen LogP contribution >= 0.6 is 34.2 Å². The number of hydrogen-bond acceptors (Lipinski definition) is 3. The second kappa shape index (κ2) is 9.00. The van der Waals surface area contributed by atoms with Gasteiger partial charge in [-0.05, 0) is 65.4 Å². The highest BCUT2D eigenvalue weighted by atomic mass is 127. The lowest BCUT2D eigenvalue weighted by molar-refractivity contribution is 0.297. The molecule has 0 fully saturated rings. The first-order chi connectivity index (χ1) is 11.5. The second-order valence-electron chi connectivity index (χ2n) is 4.81. The van der Waals surface area contributed by atoms with Crippen LogP contribution in [0.1, 0.15) is 12.5 Å². The Kier molecular flexibility index (Phi) is 7.00. The molecule has 0 amide bonds. The molecular formula is C18H16ClFINO2. The lowest BCUT2D eigenvalue weighted by atomic mass is 10.2. The maximum atomic E-state index is 13.2. The summed E-state index contributed by atoms with van der Waals surface area (Å²) in [6.07, 6.45) is 5.25. The third-order valence-corrected chi connectivity index (χ3v) is 4.18. The van der Waals surface area contributed by atoms with Crippen molar-refractivity contribution in [3.8, 4) is 23.8 Å². The van der Waals surface area contributed by atoms with Crippen molar-refractivity contribution in [1.82, 2.24) is 0 Å². The van der Waals surface area contributed by atoms with Crippen molar-refractivity contribution < 1.29 is 13.9 Å². The summed E-state index contributed by atoms with van der Waals surface area (Å²) < 4.78 is 25.3. The van der Waals surface area contributed by atoms with Gasteiger partial charge in [-0.15, -0.1) is 6.42 Å². The molecule has 0 aliphatic rings. The maximum Gasteiger partial charge on any atom is 0.175 e. The van der Waals surface area contributed by atoms with Crippen LogP contribution in [-0.2, 0) is 6.54 Å². The summed E-state index contributed by atoms with van der Waals surface area (Å²) in [7, 11) is 0. The molecule has 0 bridgehead atoms. The van der Waals surface area contributed by atoms with Crippen LogP contribution in [0, 0.1) is 21.7 Å². The van der Waals surface area contributed by atoms with E-state index >= 15 is 0 Å². The van der Waals surface area contributed by atoms with Gasteiger partial charge in [-0.25, -0.2) is 4.39 Å². The third kappa shape index (κ3) is 4.92. The van der Waals surface area contributed by atoms with Crippen molar-refractivity contribution >= 4 is 39.9 Å². The Morgan fingerprint density at radius 1 is 1.29 bits per heavy atom. The number of hydrogen-bond donors (Lipinski definition) is 1. The Morgan fingerprint density at radius 3 is 2.75 bits per heavy atom. The highest BCUT2D eigenvalue weighted by Gasteiger charge is 2.12. The van der Waals surface area contributed by atoms with Crippen molar-refractivity contribution in [2.75, 3.05) is 18.5 Å². The fourth-order valence-electron chi connectivity index (χ4n) is 2.05. The van der Waals surface area contributed by atoms with E-state index in [0.717, 1.165) is 14.8 Å². The van der Waals surface area contributed by atoms with Gasteiger partial charge >= 0.3 is 0 Å². The van der Waals surface area contributed by atoms with E-state index in [4.69, 9.17) is 27.5 Å². The van der Waals surface area contributed by atoms with Crippen molar-refractivity contribution in [2.24, 2.45) is 0 Å². The van der Waals surface area contributed by atoms with Crippen LogP contribution in [0.4, 0.5) is 10.1 Å². The first-order valence-electron chi connectivity index (χ1n) is 7.25. The molecule has 0 aliphatic carbocycles. The molecule has 3 nitrogen and oxygen atoms in total. The molecule has 0 aliphatic heterocycles. The van der Waals surface area contributed by atoms with E-state index in [1.807, 2.05) is 19.1 Å². The lowest BCUT2D eigenvalue weighted by Gasteiger charge is -2.15. The predicted molar refractivity (Wildman–Crippen MR) is 103 cm³/mol. The molecule has 0 unspecified atom stereocenters. The van der Waals surface area contributed by atoms with E-state index in [0.29, 0.717) is 24.7 Å². The maximum absolute atomic E-state index is 13.2. The van der Waals surface area contributed by atoms with Crippen molar-refractivity contribution in [3.05, 3.63) is 50.3 Å². The fourth-order valence-corrected chi connectivity index (χ4v) is 3.05. The van der Waals surface area contributed by atoms with E-state index < -0.39 is 5.82 Å². The number of benzene rings is 2. The number of ether oxygens (including phenoxy) is 2. The molecule has 2 aromatic carbocycles. The Labute approximate surface area is 159 Å². The minimum absolute atomic E-state index is 0.0858. The van der Waals surface area contributed by atoms with Crippen LogP contribution in [0.5, 0.6) is 11.5 Å². The summed E-state index contributed by atoms with van der Waals surface area (Å²) in [5, 5.41) is 3.29. The van der Waals surface area contributed by atoms with Gasteiger partial charge in [-0.1, -0.05) is 17.5 Å². The Bertz CT molecular complexity index is 761. The highest BCUT2D eigenvalue weighted by molar-refractivity contribution is 14.1. The summed E-state index contributed by atoms with van der Waals surface area (Å²) in [5.41, 5.74) is 1.73. The van der Waals surface area contributed by atoms with E-state index in [9.17, 15) is 4.39 Å². The highest BCUT2D eigenvalue weighted by Crippen LogP contribution is 2.34. The molecule has 1 N–H and O–H groups in total. The zero-order chi connectivity index (χ0) is 17.5. The molecular weight excluding hydrogens is 444 g/mol. The van der Waals surface area contributed by atoms with Gasteiger partial charge in [-0.3, -0.25) is 0 Å². The van der Waals surface area contributed by atoms with Gasteiger partial charge in [0.25, 0.3) is 0 Å². The smallest absolute Gasteiger partial charge is 0.175 e. The Morgan fingerprint density at radius 2 is 2.08 bits per heavy atom. The minimum atomic E-state index is -0.439. The van der Waals surface area contributed by atoms with E-state index in [2.05, 4.69) is 33.8 Å². The molecule has 0 saturated carbocycles. The fraction of sp³-hybridized carbons (Fsp3) is 0.222. The molecule has 0 saturated heterocycles. The SMILES string of the molecule is C#CCOc1c(I)cc(CNc2ccc(F)c(Cl)c2)cc1OCC. The van der Waals surface area contributed by atoms with Crippen molar-refractivity contribution in [2.45, 2.75) is 13.5 Å². The molecule has 2 aromatic rings. The minimum Gasteiger partial charge on any atom is -0.490 e. The van der Waals surface area contributed by atoms with Gasteiger partial charge in [0.15, 0.2) is 11.5 Å². The number of terminal acetylenes is 1. The van der Waals surface area contributed by atoms with Gasteiger partial charge in [0.2, 0.25) is 0 Å². The molecule has 0 aromatic heterocycles. The molecule has 0 atom stereocenters. The normalized spacial score (nSPS) is 10.1. The standard InChI is InChI=1S/C18H16ClFINO2/c1-3-7-24-18-16(21)8-12(9-17(18)23-4-2)11-22-13-5-6-15(20)14(19)10-13/h1,5-6,8-10,22H,4,7,11H2,2H3. The molecule has 2 rings (SSSR count). The van der Waals surface area contributed by atoms with Crippen LogP contribution in [0.15, 0.2) is 30.3 Å². The summed E-state index contributed by atoms with van der Waals surface area (Å²) in [4.78, 5) is 0. The van der Waals surface area contributed by atoms with E-state index in [1.54, 1.807) is 12.1 Å². The number of halogens is 3. The quantitative estimate of drug-likeness (QED) is 0.461. The zero-order valence-electron chi connectivity index (χ0n) is 13.0. The first kappa shape index (κ1) is 18.7. The van der Waals surface area contributed by atoms with Crippen LogP contribution in [0.3, 0.4) is 0 Å². The van der Waals surface area contributed by atoms with Gasteiger partial charge < -0.3 is 14.8 Å². The van der Waals surface area contributed by atoms with Gasteiger partial charge in [0, 0.05) is 12.2 Å². The monoisotopic (exact) mass is 459 g/mol. The Balaban J connectivity index is 2.17. The average Bonchev–Trinajstić information content (AvgIpc) is 2.55. The molecule has 0 heterocycles. The van der Waals surface area contributed by atoms with Crippen LogP contribution in [-0.4, -0.2) is 13.2 Å². The molecule has 24 heavy (non-hydrogen) atoms. The first-order valence-corrected chi connectivity index (χ1v) is 8.71. The molecule has 0 radical (unpaired) electrons. The number of anilines is 1. The topological polar surface area (TPSA) is 30.5 Å². The third-order valence-electron chi connectivity index (χ3n) is 3.09. The molecule has 126 valence electrons. The summed E-state index contributed by atoms with van der Waals surface area (Å²) in [6, 6.07) is 8.40. The zero-order valence-corrected chi connectivity index (χ0v) is 15.9. The largest absolute Gasteiger partial charge is 0.490 e. The summed E-state index contributed by atoms with van der Waals surface area (Å²) in [6.45, 7) is 3.14. The summed E-state index contributed by atoms with van der Waals surface area (Å²) >= 11 is 7.97.